The number of amides is 1. The highest BCUT2D eigenvalue weighted by molar-refractivity contribution is 5.74. The van der Waals surface area contributed by atoms with Gasteiger partial charge in [-0.25, -0.2) is 9.59 Å². The summed E-state index contributed by atoms with van der Waals surface area (Å²) < 4.78 is 31.7. The molecule has 0 saturated carbocycles. The summed E-state index contributed by atoms with van der Waals surface area (Å²) in [4.78, 5) is 35.4. The predicted octanol–water partition coefficient (Wildman–Crippen LogP) is -6.59. The van der Waals surface area contributed by atoms with E-state index in [0.29, 0.717) is 0 Å². The number of hydrogen-bond donors (Lipinski definition) is 10. The largest absolute Gasteiger partial charge is 0.479 e. The number of carboxylic acid groups (broad SMARTS) is 2. The maximum atomic E-state index is 12.1. The number of aliphatic hydroxyl groups is 7. The van der Waals surface area contributed by atoms with Gasteiger partial charge in [-0.1, -0.05) is 0 Å². The number of hydrogen-bond acceptors (Lipinski definition) is 16. The first-order chi connectivity index (χ1) is 18.7. The molecule has 19 heteroatoms. The first-order valence-electron chi connectivity index (χ1n) is 12.0. The van der Waals surface area contributed by atoms with Crippen LogP contribution in [0.25, 0.3) is 0 Å². The van der Waals surface area contributed by atoms with E-state index in [1.165, 1.54) is 0 Å². The lowest BCUT2D eigenvalue weighted by atomic mass is 9.94. The molecule has 3 heterocycles. The quantitative estimate of drug-likeness (QED) is 0.120. The smallest absolute Gasteiger partial charge is 0.335 e. The minimum Gasteiger partial charge on any atom is -0.479 e. The normalized spacial score (nSPS) is 46.0. The molecule has 19 nitrogen and oxygen atoms in total. The molecule has 3 aliphatic rings. The molecule has 3 saturated heterocycles. The minimum absolute atomic E-state index is 0.788. The van der Waals surface area contributed by atoms with Crippen LogP contribution in [0.1, 0.15) is 6.92 Å². The van der Waals surface area contributed by atoms with Crippen LogP contribution in [-0.4, -0.2) is 170 Å². The highest BCUT2D eigenvalue weighted by Gasteiger charge is 2.55. The van der Waals surface area contributed by atoms with Gasteiger partial charge in [0, 0.05) is 14.0 Å². The summed E-state index contributed by atoms with van der Waals surface area (Å²) in [6.07, 6.45) is -26.6. The second-order valence-corrected chi connectivity index (χ2v) is 9.36. The van der Waals surface area contributed by atoms with Crippen LogP contribution < -0.4 is 5.32 Å². The SMILES string of the molecule is CO[C@@H]1O[C@H](C(=O)O)[C@@H](O[C@@H]2O[C@H](CO)[C@@H](O)[C@H](O[C@@H]3O[C@H](C(=O)O)[C@@H](O)[C@H](O)[C@H]3O)[C@H]2NC(C)=O)[C@H](O)[C@H]1O. The topological polar surface area (TPSA) is 301 Å². The molecule has 1 amide bonds. The molecule has 10 N–H and O–H groups in total. The zero-order chi connectivity index (χ0) is 30.0. The lowest BCUT2D eigenvalue weighted by Crippen LogP contribution is -2.70. The van der Waals surface area contributed by atoms with E-state index in [4.69, 9.17) is 28.4 Å². The molecular formula is C21H33NO18. The molecule has 3 aliphatic heterocycles. The number of rotatable bonds is 9. The van der Waals surface area contributed by atoms with Crippen molar-refractivity contribution in [2.75, 3.05) is 13.7 Å². The standard InChI is InChI=1S/C21H33NO18/c1-4(24)22-6-13(37-21-11(29)8(26)9(27)15(39-21)17(31)32)7(25)5(3-23)36-19(6)38-14-10(28)12(30)20(35-2)40-16(14)18(33)34/h5-16,19-21,23,25-30H,3H2,1-2H3,(H,22,24)(H,31,32)(H,33,34)/t5-,6-,7-,8+,9+,10-,11-,12-,13-,14+,15+,16+,19+,20-,21-/m1/s1. The Morgan fingerprint density at radius 3 is 1.77 bits per heavy atom. The van der Waals surface area contributed by atoms with Crippen molar-refractivity contribution in [2.24, 2.45) is 0 Å². The molecule has 0 unspecified atom stereocenters. The molecule has 0 aromatic carbocycles. The molecule has 0 aromatic rings. The van der Waals surface area contributed by atoms with E-state index >= 15 is 0 Å². The second kappa shape index (κ2) is 13.2. The maximum Gasteiger partial charge on any atom is 0.335 e. The predicted molar refractivity (Wildman–Crippen MR) is 119 cm³/mol. The van der Waals surface area contributed by atoms with Crippen LogP contribution in [0.4, 0.5) is 0 Å². The fourth-order valence-electron chi connectivity index (χ4n) is 4.59. The Balaban J connectivity index is 1.94. The molecule has 3 rings (SSSR count). The van der Waals surface area contributed by atoms with E-state index in [2.05, 4.69) is 5.32 Å². The molecule has 0 radical (unpaired) electrons. The van der Waals surface area contributed by atoms with Crippen molar-refractivity contribution in [1.82, 2.24) is 5.32 Å². The fraction of sp³-hybridized carbons (Fsp3) is 0.857. The van der Waals surface area contributed by atoms with Crippen LogP contribution in [0.15, 0.2) is 0 Å². The number of aliphatic carboxylic acids is 2. The molecule has 0 spiro atoms. The summed E-state index contributed by atoms with van der Waals surface area (Å²) in [6, 6.07) is -1.64. The van der Waals surface area contributed by atoms with Crippen molar-refractivity contribution >= 4 is 17.8 Å². The number of nitrogens with one attached hydrogen (secondary N) is 1. The van der Waals surface area contributed by atoms with Gasteiger partial charge in [0.2, 0.25) is 5.91 Å². The van der Waals surface area contributed by atoms with Crippen molar-refractivity contribution in [3.05, 3.63) is 0 Å². The summed E-state index contributed by atoms with van der Waals surface area (Å²) in [5.74, 6) is -4.17. The third-order valence-electron chi connectivity index (χ3n) is 6.64. The van der Waals surface area contributed by atoms with Crippen LogP contribution in [-0.2, 0) is 42.8 Å². The average Bonchev–Trinajstić information content (AvgIpc) is 2.89. The maximum absolute atomic E-state index is 12.1. The van der Waals surface area contributed by atoms with Gasteiger partial charge in [0.25, 0.3) is 0 Å². The molecule has 0 bridgehead atoms. The molecule has 3 fully saturated rings. The van der Waals surface area contributed by atoms with Crippen molar-refractivity contribution in [3.63, 3.8) is 0 Å². The van der Waals surface area contributed by atoms with Crippen molar-refractivity contribution in [3.8, 4) is 0 Å². The Hall–Kier alpha value is -2.11. The first-order valence-corrected chi connectivity index (χ1v) is 12.0. The van der Waals surface area contributed by atoms with Crippen LogP contribution in [0, 0.1) is 0 Å². The van der Waals surface area contributed by atoms with E-state index in [1.807, 2.05) is 0 Å². The number of aliphatic hydroxyl groups excluding tert-OH is 7. The van der Waals surface area contributed by atoms with E-state index in [0.717, 1.165) is 14.0 Å². The summed E-state index contributed by atoms with van der Waals surface area (Å²) in [5.41, 5.74) is 0. The molecule has 40 heavy (non-hydrogen) atoms. The molecular weight excluding hydrogens is 554 g/mol. The van der Waals surface area contributed by atoms with Crippen LogP contribution in [0.2, 0.25) is 0 Å². The third-order valence-corrected chi connectivity index (χ3v) is 6.64. The number of methoxy groups -OCH3 is 1. The minimum atomic E-state index is -2.09. The molecule has 15 atom stereocenters. The van der Waals surface area contributed by atoms with Crippen molar-refractivity contribution in [1.29, 1.82) is 0 Å². The summed E-state index contributed by atoms with van der Waals surface area (Å²) in [7, 11) is 1.08. The second-order valence-electron chi connectivity index (χ2n) is 9.36. The lowest BCUT2D eigenvalue weighted by molar-refractivity contribution is -0.359. The number of ether oxygens (including phenoxy) is 6. The zero-order valence-electron chi connectivity index (χ0n) is 21.1. The fourth-order valence-corrected chi connectivity index (χ4v) is 4.59. The van der Waals surface area contributed by atoms with Crippen molar-refractivity contribution < 1.29 is 88.8 Å². The van der Waals surface area contributed by atoms with Gasteiger partial charge in [0.1, 0.15) is 61.0 Å². The molecule has 0 aliphatic carbocycles. The van der Waals surface area contributed by atoms with E-state index in [1.54, 1.807) is 0 Å². The summed E-state index contributed by atoms with van der Waals surface area (Å²) in [6.45, 7) is 0.109. The summed E-state index contributed by atoms with van der Waals surface area (Å²) in [5, 5.41) is 93.1. The lowest BCUT2D eigenvalue weighted by Gasteiger charge is -2.49. The van der Waals surface area contributed by atoms with Gasteiger partial charge in [0.05, 0.1) is 6.61 Å². The highest BCUT2D eigenvalue weighted by Crippen LogP contribution is 2.33. The van der Waals surface area contributed by atoms with Gasteiger partial charge in [-0.3, -0.25) is 4.79 Å². The first kappa shape index (κ1) is 32.4. The third kappa shape index (κ3) is 6.51. The Bertz CT molecular complexity index is 907. The monoisotopic (exact) mass is 587 g/mol. The molecule has 230 valence electrons. The van der Waals surface area contributed by atoms with Crippen LogP contribution >= 0.6 is 0 Å². The van der Waals surface area contributed by atoms with Gasteiger partial charge < -0.3 is 79.7 Å². The Kier molecular flexibility index (Phi) is 10.7. The van der Waals surface area contributed by atoms with Gasteiger partial charge in [-0.05, 0) is 0 Å². The summed E-state index contributed by atoms with van der Waals surface area (Å²) >= 11 is 0. The van der Waals surface area contributed by atoms with Crippen molar-refractivity contribution in [2.45, 2.75) is 99.0 Å². The van der Waals surface area contributed by atoms with Crippen LogP contribution in [0.3, 0.4) is 0 Å². The molecule has 0 aromatic heterocycles. The highest BCUT2D eigenvalue weighted by atomic mass is 16.7. The van der Waals surface area contributed by atoms with E-state index in [-0.39, 0.29) is 0 Å². The van der Waals surface area contributed by atoms with Gasteiger partial charge >= 0.3 is 11.9 Å². The van der Waals surface area contributed by atoms with Gasteiger partial charge in [0.15, 0.2) is 31.1 Å². The van der Waals surface area contributed by atoms with Gasteiger partial charge in [-0.15, -0.1) is 0 Å². The zero-order valence-corrected chi connectivity index (χ0v) is 21.1. The number of carbonyl (C=O) groups is 3. The van der Waals surface area contributed by atoms with Gasteiger partial charge in [-0.2, -0.15) is 0 Å². The Morgan fingerprint density at radius 2 is 1.25 bits per heavy atom. The average molecular weight is 587 g/mol. The van der Waals surface area contributed by atoms with E-state index < -0.39 is 117 Å². The Labute approximate surface area is 225 Å². The van der Waals surface area contributed by atoms with Crippen LogP contribution in [0.5, 0.6) is 0 Å². The Morgan fingerprint density at radius 1 is 0.700 bits per heavy atom. The number of carboxylic acids is 2. The van der Waals surface area contributed by atoms with E-state index in [9.17, 15) is 60.3 Å². The number of carbonyl (C=O) groups excluding carboxylic acids is 1.